The molecule has 6 aromatic rings. The molecular weight excluding hydrogens is 920 g/mol. The van der Waals surface area contributed by atoms with Crippen molar-refractivity contribution in [2.45, 2.75) is 103 Å². The normalized spacial score (nSPS) is 17.6. The Kier molecular flexibility index (Phi) is 15.0. The summed E-state index contributed by atoms with van der Waals surface area (Å²) in [5.41, 5.74) is 2.81. The van der Waals surface area contributed by atoms with Crippen LogP contribution in [0.5, 0.6) is 11.5 Å². The summed E-state index contributed by atoms with van der Waals surface area (Å²) in [6, 6.07) is 28.0. The molecule has 4 aromatic carbocycles. The molecule has 19 heteroatoms. The highest BCUT2D eigenvalue weighted by atomic mass is 35.5. The zero-order valence-corrected chi connectivity index (χ0v) is 39.8. The molecule has 364 valence electrons. The maximum atomic E-state index is 12.7. The molecule has 6 heterocycles. The molecule has 2 fully saturated rings. The number of fused-ring (bicyclic) bond motifs is 2. The van der Waals surface area contributed by atoms with Crippen molar-refractivity contribution < 1.29 is 47.2 Å². The summed E-state index contributed by atoms with van der Waals surface area (Å²) >= 11 is 0. The number of nitrogens with zero attached hydrogens (tertiary/aromatic N) is 7. The fraction of sp³-hybridized carbons (Fsp3) is 0.353. The van der Waals surface area contributed by atoms with E-state index in [1.165, 1.54) is 16.2 Å². The third-order valence-electron chi connectivity index (χ3n) is 12.0. The van der Waals surface area contributed by atoms with Crippen LogP contribution in [-0.2, 0) is 31.0 Å². The first-order chi connectivity index (χ1) is 33.4. The number of rotatable bonds is 12. The monoisotopic (exact) mass is 972 g/mol. The molecule has 2 saturated heterocycles. The number of ether oxygens (including phenoxy) is 3. The number of carbonyl (C=O) groups is 5. The molecule has 0 spiro atoms. The van der Waals surface area contributed by atoms with E-state index in [-0.39, 0.29) is 80.5 Å². The van der Waals surface area contributed by atoms with Crippen molar-refractivity contribution in [3.63, 3.8) is 0 Å². The largest absolute Gasteiger partial charge is 0.484 e. The van der Waals surface area contributed by atoms with Crippen LogP contribution in [-0.4, -0.2) is 83.4 Å². The SMILES string of the molecule is CC(C)(C)OC(=O)N1CCCCC1c1noc(COc2ccc(CN3C(=O)c4ccccc4C3=O)cc2)n1.Cl.O=C1c2ccccc2C(=O)N1Cc1ccc(OCc2nc(C3CCCCN3)no2)cc1. The van der Waals surface area contributed by atoms with E-state index in [2.05, 4.69) is 25.6 Å². The predicted octanol–water partition coefficient (Wildman–Crippen LogP) is 8.59. The Bertz CT molecular complexity index is 2770. The van der Waals surface area contributed by atoms with Gasteiger partial charge in [-0.05, 0) is 119 Å². The number of likely N-dealkylation sites (tertiary alicyclic amines) is 1. The number of piperidine rings is 2. The van der Waals surface area contributed by atoms with E-state index < -0.39 is 5.60 Å². The van der Waals surface area contributed by atoms with Gasteiger partial charge in [0.1, 0.15) is 17.1 Å². The summed E-state index contributed by atoms with van der Waals surface area (Å²) in [5, 5.41) is 11.5. The van der Waals surface area contributed by atoms with E-state index >= 15 is 0 Å². The van der Waals surface area contributed by atoms with Crippen molar-refractivity contribution in [3.8, 4) is 11.5 Å². The zero-order valence-electron chi connectivity index (χ0n) is 39.0. The van der Waals surface area contributed by atoms with Gasteiger partial charge < -0.3 is 28.6 Å². The van der Waals surface area contributed by atoms with E-state index in [0.29, 0.717) is 63.7 Å². The smallest absolute Gasteiger partial charge is 0.410 e. The molecule has 0 saturated carbocycles. The first kappa shape index (κ1) is 49.0. The number of nitrogens with one attached hydrogen (secondary N) is 1. The quantitative estimate of drug-likeness (QED) is 0.114. The van der Waals surface area contributed by atoms with Crippen molar-refractivity contribution in [1.29, 1.82) is 0 Å². The van der Waals surface area contributed by atoms with E-state index in [0.717, 1.165) is 49.8 Å². The van der Waals surface area contributed by atoms with Crippen molar-refractivity contribution in [1.82, 2.24) is 40.3 Å². The van der Waals surface area contributed by atoms with Crippen molar-refractivity contribution in [2.24, 2.45) is 0 Å². The molecular formula is C51H53ClN8O10. The van der Waals surface area contributed by atoms with E-state index in [1.54, 1.807) is 89.8 Å². The summed E-state index contributed by atoms with van der Waals surface area (Å²) in [6.45, 7) is 7.69. The first-order valence-electron chi connectivity index (χ1n) is 23.1. The number of hydrogen-bond acceptors (Lipinski definition) is 15. The van der Waals surface area contributed by atoms with Gasteiger partial charge in [0.2, 0.25) is 0 Å². The topological polar surface area (TPSA) is 213 Å². The van der Waals surface area contributed by atoms with E-state index in [1.807, 2.05) is 32.9 Å². The summed E-state index contributed by atoms with van der Waals surface area (Å²) in [7, 11) is 0. The Morgan fingerprint density at radius 3 is 1.54 bits per heavy atom. The van der Waals surface area contributed by atoms with Crippen LogP contribution in [0.25, 0.3) is 0 Å². The molecule has 2 atom stereocenters. The Morgan fingerprint density at radius 1 is 0.629 bits per heavy atom. The predicted molar refractivity (Wildman–Crippen MR) is 253 cm³/mol. The molecule has 1 N–H and O–H groups in total. The van der Waals surface area contributed by atoms with Crippen LogP contribution in [0.1, 0.15) is 147 Å². The standard InChI is InChI=1S/C28H30N4O6.C23H22N4O4.ClH/c1-28(2,3)37-27(35)31-15-7-6-10-22(31)24-29-23(38-30-24)17-36-19-13-11-18(12-14-19)16-32-25(33)20-8-4-5-9-21(20)26(32)34;28-22-17-5-1-2-6-18(17)23(29)27(22)13-15-8-10-16(11-9-15)30-14-20-25-21(26-31-20)19-7-3-4-12-24-19;/h4-5,8-9,11-14,22H,6-7,10,15-17H2,1-3H3;1-2,5-6,8-11,19,24H,3-4,7,12-14H2;1H. The van der Waals surface area contributed by atoms with Crippen LogP contribution < -0.4 is 14.8 Å². The van der Waals surface area contributed by atoms with Crippen LogP contribution >= 0.6 is 12.4 Å². The lowest BCUT2D eigenvalue weighted by molar-refractivity contribution is 0.00815. The average molecular weight is 973 g/mol. The van der Waals surface area contributed by atoms with Gasteiger partial charge in [-0.15, -0.1) is 12.4 Å². The molecule has 0 aliphatic carbocycles. The molecule has 0 radical (unpaired) electrons. The van der Waals surface area contributed by atoms with Gasteiger partial charge in [-0.1, -0.05) is 65.3 Å². The van der Waals surface area contributed by atoms with Crippen LogP contribution in [0, 0.1) is 0 Å². The Balaban J connectivity index is 0.000000189. The lowest BCUT2D eigenvalue weighted by Gasteiger charge is -2.35. The van der Waals surface area contributed by atoms with Crippen molar-refractivity contribution >= 4 is 42.1 Å². The maximum absolute atomic E-state index is 12.7. The Labute approximate surface area is 410 Å². The minimum atomic E-state index is -0.588. The minimum absolute atomic E-state index is 0. The maximum Gasteiger partial charge on any atom is 0.410 e. The number of halogens is 1. The number of aromatic nitrogens is 4. The van der Waals surface area contributed by atoms with Gasteiger partial charge >= 0.3 is 6.09 Å². The Morgan fingerprint density at radius 2 is 1.09 bits per heavy atom. The lowest BCUT2D eigenvalue weighted by atomic mass is 10.0. The summed E-state index contributed by atoms with van der Waals surface area (Å²) in [4.78, 5) is 76.0. The molecule has 0 bridgehead atoms. The number of carbonyl (C=O) groups excluding carboxylic acids is 5. The van der Waals surface area contributed by atoms with Gasteiger partial charge in [0.25, 0.3) is 35.4 Å². The molecule has 10 rings (SSSR count). The molecule has 18 nitrogen and oxygen atoms in total. The van der Waals surface area contributed by atoms with Crippen LogP contribution in [0.3, 0.4) is 0 Å². The van der Waals surface area contributed by atoms with Crippen LogP contribution in [0.4, 0.5) is 4.79 Å². The molecule has 5 amide bonds. The van der Waals surface area contributed by atoms with Crippen molar-refractivity contribution in [3.05, 3.63) is 154 Å². The second-order valence-corrected chi connectivity index (χ2v) is 18.1. The van der Waals surface area contributed by atoms with Gasteiger partial charge in [-0.25, -0.2) is 4.79 Å². The Hall–Kier alpha value is -7.44. The summed E-state index contributed by atoms with van der Waals surface area (Å²) < 4.78 is 27.8. The highest BCUT2D eigenvalue weighted by Crippen LogP contribution is 2.32. The highest BCUT2D eigenvalue weighted by Gasteiger charge is 2.37. The molecule has 2 unspecified atom stereocenters. The van der Waals surface area contributed by atoms with Gasteiger partial charge in [0.15, 0.2) is 24.9 Å². The number of amides is 5. The summed E-state index contributed by atoms with van der Waals surface area (Å²) in [5.74, 6) is 1.94. The third kappa shape index (κ3) is 11.2. The van der Waals surface area contributed by atoms with E-state index in [9.17, 15) is 24.0 Å². The van der Waals surface area contributed by atoms with E-state index in [4.69, 9.17) is 23.3 Å². The van der Waals surface area contributed by atoms with Gasteiger partial charge in [0, 0.05) is 6.54 Å². The minimum Gasteiger partial charge on any atom is -0.484 e. The van der Waals surface area contributed by atoms with Gasteiger partial charge in [-0.3, -0.25) is 33.9 Å². The first-order valence-corrected chi connectivity index (χ1v) is 23.1. The molecule has 4 aliphatic heterocycles. The van der Waals surface area contributed by atoms with Gasteiger partial charge in [-0.2, -0.15) is 9.97 Å². The summed E-state index contributed by atoms with van der Waals surface area (Å²) in [6.07, 6.45) is 5.54. The fourth-order valence-electron chi connectivity index (χ4n) is 8.54. The fourth-order valence-corrected chi connectivity index (χ4v) is 8.54. The van der Waals surface area contributed by atoms with Crippen molar-refractivity contribution in [2.75, 3.05) is 13.1 Å². The number of hydrogen-bond donors (Lipinski definition) is 1. The zero-order chi connectivity index (χ0) is 48.1. The second-order valence-electron chi connectivity index (χ2n) is 18.1. The number of benzene rings is 4. The number of imide groups is 2. The molecule has 2 aromatic heterocycles. The molecule has 70 heavy (non-hydrogen) atoms. The molecule has 4 aliphatic rings. The highest BCUT2D eigenvalue weighted by molar-refractivity contribution is 6.22. The van der Waals surface area contributed by atoms with Crippen LogP contribution in [0.2, 0.25) is 0 Å². The van der Waals surface area contributed by atoms with Crippen LogP contribution in [0.15, 0.2) is 106 Å². The van der Waals surface area contributed by atoms with Gasteiger partial charge in [0.05, 0.1) is 47.4 Å². The average Bonchev–Trinajstić information content (AvgIpc) is 4.15. The second kappa shape index (κ2) is 21.5. The third-order valence-corrected chi connectivity index (χ3v) is 12.0. The lowest BCUT2D eigenvalue weighted by Crippen LogP contribution is -2.42.